The van der Waals surface area contributed by atoms with Gasteiger partial charge in [-0.1, -0.05) is 52.2 Å². The van der Waals surface area contributed by atoms with Gasteiger partial charge in [0.1, 0.15) is 0 Å². The smallest absolute Gasteiger partial charge is 0.0167 e. The van der Waals surface area contributed by atoms with E-state index in [1.807, 2.05) is 0 Å². The fourth-order valence-corrected chi connectivity index (χ4v) is 2.39. The van der Waals surface area contributed by atoms with E-state index in [4.69, 9.17) is 0 Å². The Morgan fingerprint density at radius 1 is 1.19 bits per heavy atom. The van der Waals surface area contributed by atoms with Crippen molar-refractivity contribution in [3.8, 4) is 0 Å². The van der Waals surface area contributed by atoms with Gasteiger partial charge in [0.05, 0.1) is 0 Å². The Balaban J connectivity index is 2.40. The summed E-state index contributed by atoms with van der Waals surface area (Å²) in [6.45, 7) is 11.4. The first-order chi connectivity index (χ1) is 7.59. The Morgan fingerprint density at radius 3 is 2.31 bits per heavy atom. The fourth-order valence-electron chi connectivity index (χ4n) is 2.39. The van der Waals surface area contributed by atoms with Gasteiger partial charge in [-0.15, -0.1) is 0 Å². The topological polar surface area (TPSA) is 12.0 Å². The Morgan fingerprint density at radius 2 is 1.81 bits per heavy atom. The molecule has 0 aromatic heterocycles. The van der Waals surface area contributed by atoms with Crippen molar-refractivity contribution in [1.82, 2.24) is 5.32 Å². The quantitative estimate of drug-likeness (QED) is 0.671. The maximum absolute atomic E-state index is 3.57. The van der Waals surface area contributed by atoms with Gasteiger partial charge >= 0.3 is 0 Å². The number of hydrogen-bond acceptors (Lipinski definition) is 1. The predicted molar refractivity (Wildman–Crippen MR) is 72.6 cm³/mol. The second kappa shape index (κ2) is 7.11. The van der Waals surface area contributed by atoms with Crippen molar-refractivity contribution in [1.29, 1.82) is 0 Å². The van der Waals surface area contributed by atoms with Crippen LogP contribution in [0, 0.1) is 17.8 Å². The van der Waals surface area contributed by atoms with E-state index < -0.39 is 0 Å². The van der Waals surface area contributed by atoms with Gasteiger partial charge in [-0.3, -0.25) is 0 Å². The van der Waals surface area contributed by atoms with Crippen LogP contribution in [0.4, 0.5) is 0 Å². The normalized spacial score (nSPS) is 19.0. The summed E-state index contributed by atoms with van der Waals surface area (Å²) in [6.07, 6.45) is 8.27. The van der Waals surface area contributed by atoms with E-state index >= 15 is 0 Å². The van der Waals surface area contributed by atoms with E-state index in [1.54, 1.807) is 5.57 Å². The Hall–Kier alpha value is -0.300. The SMILES string of the molecule is CC(C)CNCC(=CC1CCCC1)C(C)C. The van der Waals surface area contributed by atoms with Gasteiger partial charge in [-0.2, -0.15) is 0 Å². The number of hydrogen-bond donors (Lipinski definition) is 1. The van der Waals surface area contributed by atoms with Crippen LogP contribution < -0.4 is 5.32 Å². The van der Waals surface area contributed by atoms with Crippen molar-refractivity contribution in [2.24, 2.45) is 17.8 Å². The monoisotopic (exact) mass is 223 g/mol. The van der Waals surface area contributed by atoms with E-state index in [9.17, 15) is 0 Å². The van der Waals surface area contributed by atoms with Crippen LogP contribution in [-0.2, 0) is 0 Å². The van der Waals surface area contributed by atoms with Crippen molar-refractivity contribution >= 4 is 0 Å². The van der Waals surface area contributed by atoms with Crippen LogP contribution in [0.15, 0.2) is 11.6 Å². The molecule has 1 N–H and O–H groups in total. The standard InChI is InChI=1S/C15H29N/c1-12(2)10-16-11-15(13(3)4)9-14-7-5-6-8-14/h9,12-14,16H,5-8,10-11H2,1-4H3. The van der Waals surface area contributed by atoms with Gasteiger partial charge in [0.25, 0.3) is 0 Å². The van der Waals surface area contributed by atoms with Crippen LogP contribution in [-0.4, -0.2) is 13.1 Å². The van der Waals surface area contributed by atoms with E-state index in [0.717, 1.165) is 24.9 Å². The molecule has 1 heteroatoms. The summed E-state index contributed by atoms with van der Waals surface area (Å²) in [5.41, 5.74) is 1.62. The fraction of sp³-hybridized carbons (Fsp3) is 0.867. The molecule has 1 aliphatic rings. The van der Waals surface area contributed by atoms with Crippen molar-refractivity contribution in [3.05, 3.63) is 11.6 Å². The lowest BCUT2D eigenvalue weighted by atomic mass is 9.96. The average Bonchev–Trinajstić information content (AvgIpc) is 2.68. The third-order valence-corrected chi connectivity index (χ3v) is 3.47. The van der Waals surface area contributed by atoms with E-state index in [1.165, 1.54) is 25.7 Å². The zero-order valence-corrected chi connectivity index (χ0v) is 11.6. The van der Waals surface area contributed by atoms with E-state index in [2.05, 4.69) is 39.1 Å². The average molecular weight is 223 g/mol. The van der Waals surface area contributed by atoms with Crippen LogP contribution in [0.25, 0.3) is 0 Å². The van der Waals surface area contributed by atoms with Gasteiger partial charge in [0.15, 0.2) is 0 Å². The van der Waals surface area contributed by atoms with Gasteiger partial charge in [-0.25, -0.2) is 0 Å². The molecule has 0 bridgehead atoms. The van der Waals surface area contributed by atoms with E-state index in [-0.39, 0.29) is 0 Å². The highest BCUT2D eigenvalue weighted by molar-refractivity contribution is 5.09. The van der Waals surface area contributed by atoms with Crippen LogP contribution in [0.1, 0.15) is 53.4 Å². The van der Waals surface area contributed by atoms with Crippen molar-refractivity contribution < 1.29 is 0 Å². The molecule has 0 heterocycles. The summed E-state index contributed by atoms with van der Waals surface area (Å²) in [5, 5.41) is 3.57. The zero-order chi connectivity index (χ0) is 12.0. The highest BCUT2D eigenvalue weighted by Gasteiger charge is 2.14. The molecule has 0 aromatic carbocycles. The van der Waals surface area contributed by atoms with Gasteiger partial charge in [0, 0.05) is 6.54 Å². The zero-order valence-electron chi connectivity index (χ0n) is 11.6. The number of nitrogens with one attached hydrogen (secondary N) is 1. The van der Waals surface area contributed by atoms with Crippen molar-refractivity contribution in [3.63, 3.8) is 0 Å². The molecule has 1 nitrogen and oxygen atoms in total. The molecule has 1 aliphatic carbocycles. The molecule has 0 spiro atoms. The van der Waals surface area contributed by atoms with Gasteiger partial charge < -0.3 is 5.32 Å². The molecule has 1 fully saturated rings. The molecule has 0 radical (unpaired) electrons. The Kier molecular flexibility index (Phi) is 6.12. The molecule has 0 atom stereocenters. The predicted octanol–water partition coefficient (Wildman–Crippen LogP) is 4.00. The lowest BCUT2D eigenvalue weighted by Gasteiger charge is -2.16. The maximum atomic E-state index is 3.57. The third-order valence-electron chi connectivity index (χ3n) is 3.47. The second-order valence-corrected chi connectivity index (χ2v) is 5.97. The summed E-state index contributed by atoms with van der Waals surface area (Å²) >= 11 is 0. The van der Waals surface area contributed by atoms with Crippen LogP contribution in [0.2, 0.25) is 0 Å². The van der Waals surface area contributed by atoms with Crippen molar-refractivity contribution in [2.45, 2.75) is 53.4 Å². The van der Waals surface area contributed by atoms with Crippen LogP contribution >= 0.6 is 0 Å². The summed E-state index contributed by atoms with van der Waals surface area (Å²) in [4.78, 5) is 0. The first-order valence-corrected chi connectivity index (χ1v) is 7.01. The molecule has 0 amide bonds. The lowest BCUT2D eigenvalue weighted by molar-refractivity contribution is 0.551. The molecular formula is C15H29N. The third kappa shape index (κ3) is 5.16. The molecule has 0 aromatic rings. The molecule has 0 saturated heterocycles. The summed E-state index contributed by atoms with van der Waals surface area (Å²) in [7, 11) is 0. The maximum Gasteiger partial charge on any atom is 0.0167 e. The Bertz CT molecular complexity index is 209. The molecule has 0 unspecified atom stereocenters. The van der Waals surface area contributed by atoms with E-state index in [0.29, 0.717) is 5.92 Å². The minimum atomic E-state index is 0.695. The molecule has 1 rings (SSSR count). The molecule has 0 aliphatic heterocycles. The molecule has 1 saturated carbocycles. The highest BCUT2D eigenvalue weighted by atomic mass is 14.9. The second-order valence-electron chi connectivity index (χ2n) is 5.97. The van der Waals surface area contributed by atoms with Crippen molar-refractivity contribution in [2.75, 3.05) is 13.1 Å². The Labute approximate surface area is 102 Å². The number of rotatable bonds is 6. The summed E-state index contributed by atoms with van der Waals surface area (Å²) in [5.74, 6) is 2.32. The van der Waals surface area contributed by atoms with Crippen LogP contribution in [0.5, 0.6) is 0 Å². The highest BCUT2D eigenvalue weighted by Crippen LogP contribution is 2.28. The first kappa shape index (κ1) is 13.8. The van der Waals surface area contributed by atoms with Gasteiger partial charge in [-0.05, 0) is 37.1 Å². The summed E-state index contributed by atoms with van der Waals surface area (Å²) in [6, 6.07) is 0. The molecular weight excluding hydrogens is 194 g/mol. The minimum Gasteiger partial charge on any atom is -0.313 e. The number of allylic oxidation sites excluding steroid dienone is 1. The lowest BCUT2D eigenvalue weighted by Crippen LogP contribution is -2.24. The van der Waals surface area contributed by atoms with Gasteiger partial charge in [0.2, 0.25) is 0 Å². The largest absolute Gasteiger partial charge is 0.313 e. The summed E-state index contributed by atoms with van der Waals surface area (Å²) < 4.78 is 0. The minimum absolute atomic E-state index is 0.695. The molecule has 16 heavy (non-hydrogen) atoms. The van der Waals surface area contributed by atoms with Crippen LogP contribution in [0.3, 0.4) is 0 Å². The molecule has 94 valence electrons. The first-order valence-electron chi connectivity index (χ1n) is 7.01.